The summed E-state index contributed by atoms with van der Waals surface area (Å²) in [6, 6.07) is 5.13. The van der Waals surface area contributed by atoms with Gasteiger partial charge in [0.1, 0.15) is 11.6 Å². The van der Waals surface area contributed by atoms with Crippen molar-refractivity contribution in [3.05, 3.63) is 47.8 Å². The second-order valence-electron chi connectivity index (χ2n) is 8.29. The summed E-state index contributed by atoms with van der Waals surface area (Å²) < 4.78 is 43.1. The molecule has 0 aliphatic carbocycles. The fourth-order valence-electron chi connectivity index (χ4n) is 4.55. The predicted octanol–water partition coefficient (Wildman–Crippen LogP) is 3.26. The first-order chi connectivity index (χ1) is 13.8. The van der Waals surface area contributed by atoms with Crippen LogP contribution < -0.4 is 4.90 Å². The van der Waals surface area contributed by atoms with E-state index < -0.39 is 10.0 Å². The highest BCUT2D eigenvalue weighted by molar-refractivity contribution is 7.89. The Kier molecular flexibility index (Phi) is 5.66. The van der Waals surface area contributed by atoms with Crippen LogP contribution >= 0.6 is 0 Å². The number of aromatic nitrogens is 2. The highest BCUT2D eigenvalue weighted by Crippen LogP contribution is 2.31. The lowest BCUT2D eigenvalue weighted by molar-refractivity contribution is 0.293. The van der Waals surface area contributed by atoms with Crippen molar-refractivity contribution < 1.29 is 12.8 Å². The van der Waals surface area contributed by atoms with Gasteiger partial charge in [0.2, 0.25) is 10.0 Å². The van der Waals surface area contributed by atoms with Gasteiger partial charge in [0.15, 0.2) is 0 Å². The fraction of sp³-hybridized carbons (Fsp3) is 0.571. The lowest BCUT2D eigenvalue weighted by Gasteiger charge is -2.34. The summed E-state index contributed by atoms with van der Waals surface area (Å²) >= 11 is 0. The molecule has 0 amide bonds. The lowest BCUT2D eigenvalue weighted by atomic mass is 9.95. The van der Waals surface area contributed by atoms with Gasteiger partial charge in [-0.05, 0) is 44.7 Å². The van der Waals surface area contributed by atoms with E-state index in [1.165, 1.54) is 4.31 Å². The second kappa shape index (κ2) is 8.07. The minimum absolute atomic E-state index is 0.0852. The highest BCUT2D eigenvalue weighted by Gasteiger charge is 2.32. The van der Waals surface area contributed by atoms with Crippen molar-refractivity contribution >= 4 is 15.7 Å². The Morgan fingerprint density at radius 1 is 1.21 bits per heavy atom. The summed E-state index contributed by atoms with van der Waals surface area (Å²) in [7, 11) is -1.28. The first-order valence-electron chi connectivity index (χ1n) is 10.4. The third-order valence-corrected chi connectivity index (χ3v) is 8.33. The van der Waals surface area contributed by atoms with Crippen LogP contribution in [0.25, 0.3) is 0 Å². The number of hydrogen-bond donors (Lipinski definition) is 0. The molecule has 2 aliphatic rings. The number of nitrogens with zero attached hydrogens (tertiary/aromatic N) is 4. The van der Waals surface area contributed by atoms with Crippen LogP contribution in [0.15, 0.2) is 30.6 Å². The van der Waals surface area contributed by atoms with Crippen LogP contribution in [-0.4, -0.2) is 47.2 Å². The lowest BCUT2D eigenvalue weighted by Crippen LogP contribution is -2.43. The van der Waals surface area contributed by atoms with Crippen LogP contribution in [0.2, 0.25) is 0 Å². The van der Waals surface area contributed by atoms with E-state index in [1.54, 1.807) is 12.1 Å². The molecule has 0 N–H and O–H groups in total. The average molecular weight is 421 g/mol. The Morgan fingerprint density at radius 3 is 2.59 bits per heavy atom. The third kappa shape index (κ3) is 4.19. The van der Waals surface area contributed by atoms with E-state index in [4.69, 9.17) is 0 Å². The SMILES string of the molecule is CC1CCCS(=O)(=O)N1Cc1ccc(N2CCC(c3nccn3C)CC2)cc1F. The predicted molar refractivity (Wildman–Crippen MR) is 112 cm³/mol. The van der Waals surface area contributed by atoms with Crippen LogP contribution in [0.1, 0.15) is 49.9 Å². The van der Waals surface area contributed by atoms with E-state index >= 15 is 0 Å². The summed E-state index contributed by atoms with van der Waals surface area (Å²) in [4.78, 5) is 6.67. The topological polar surface area (TPSA) is 58.4 Å². The van der Waals surface area contributed by atoms with Crippen molar-refractivity contribution in [1.82, 2.24) is 13.9 Å². The molecule has 2 saturated heterocycles. The number of rotatable bonds is 4. The largest absolute Gasteiger partial charge is 0.371 e. The Morgan fingerprint density at radius 2 is 1.97 bits per heavy atom. The van der Waals surface area contributed by atoms with E-state index in [9.17, 15) is 12.8 Å². The quantitative estimate of drug-likeness (QED) is 0.762. The van der Waals surface area contributed by atoms with Crippen LogP contribution in [-0.2, 0) is 23.6 Å². The van der Waals surface area contributed by atoms with Gasteiger partial charge in [-0.15, -0.1) is 0 Å². The molecule has 1 atom stereocenters. The molecule has 1 aromatic heterocycles. The van der Waals surface area contributed by atoms with Crippen molar-refractivity contribution in [3.63, 3.8) is 0 Å². The molecule has 2 fully saturated rings. The van der Waals surface area contributed by atoms with Gasteiger partial charge >= 0.3 is 0 Å². The maximum Gasteiger partial charge on any atom is 0.214 e. The van der Waals surface area contributed by atoms with Crippen LogP contribution in [0, 0.1) is 5.82 Å². The van der Waals surface area contributed by atoms with Gasteiger partial charge in [-0.3, -0.25) is 0 Å². The first kappa shape index (κ1) is 20.3. The number of anilines is 1. The molecular weight excluding hydrogens is 391 g/mol. The van der Waals surface area contributed by atoms with Gasteiger partial charge in [0.25, 0.3) is 0 Å². The van der Waals surface area contributed by atoms with Crippen molar-refractivity contribution in [2.45, 2.75) is 51.1 Å². The zero-order chi connectivity index (χ0) is 20.6. The van der Waals surface area contributed by atoms with Gasteiger partial charge in [-0.2, -0.15) is 4.31 Å². The molecule has 6 nitrogen and oxygen atoms in total. The van der Waals surface area contributed by atoms with Gasteiger partial charge in [-0.25, -0.2) is 17.8 Å². The molecule has 0 saturated carbocycles. The molecule has 2 aliphatic heterocycles. The second-order valence-corrected chi connectivity index (χ2v) is 10.3. The Bertz CT molecular complexity index is 967. The van der Waals surface area contributed by atoms with E-state index in [2.05, 4.69) is 14.5 Å². The fourth-order valence-corrected chi connectivity index (χ4v) is 6.30. The van der Waals surface area contributed by atoms with Gasteiger partial charge in [-0.1, -0.05) is 6.07 Å². The zero-order valence-electron chi connectivity index (χ0n) is 17.1. The molecule has 4 rings (SSSR count). The minimum atomic E-state index is -3.30. The maximum absolute atomic E-state index is 14.8. The molecule has 8 heteroatoms. The van der Waals surface area contributed by atoms with Crippen LogP contribution in [0.3, 0.4) is 0 Å². The Balaban J connectivity index is 1.43. The van der Waals surface area contributed by atoms with Gasteiger partial charge in [0, 0.05) is 62.3 Å². The minimum Gasteiger partial charge on any atom is -0.371 e. The molecule has 29 heavy (non-hydrogen) atoms. The molecule has 0 bridgehead atoms. The number of benzene rings is 1. The number of sulfonamides is 1. The van der Waals surface area contributed by atoms with Crippen molar-refractivity contribution in [3.8, 4) is 0 Å². The summed E-state index contributed by atoms with van der Waals surface area (Å²) in [6.07, 6.45) is 7.27. The van der Waals surface area contributed by atoms with E-state index in [-0.39, 0.29) is 24.2 Å². The van der Waals surface area contributed by atoms with E-state index in [1.807, 2.05) is 32.4 Å². The van der Waals surface area contributed by atoms with Crippen LogP contribution in [0.4, 0.5) is 10.1 Å². The molecule has 1 unspecified atom stereocenters. The number of piperidine rings is 1. The van der Waals surface area contributed by atoms with Crippen molar-refractivity contribution in [1.29, 1.82) is 0 Å². The molecule has 3 heterocycles. The van der Waals surface area contributed by atoms with Crippen molar-refractivity contribution in [2.75, 3.05) is 23.7 Å². The molecule has 1 aromatic carbocycles. The zero-order valence-corrected chi connectivity index (χ0v) is 17.9. The number of imidazole rings is 1. The molecule has 2 aromatic rings. The van der Waals surface area contributed by atoms with Crippen molar-refractivity contribution in [2.24, 2.45) is 7.05 Å². The summed E-state index contributed by atoms with van der Waals surface area (Å²) in [5.74, 6) is 1.37. The Labute approximate surface area is 172 Å². The molecular formula is C21H29FN4O2S. The number of hydrogen-bond acceptors (Lipinski definition) is 4. The van der Waals surface area contributed by atoms with E-state index in [0.717, 1.165) is 43.9 Å². The summed E-state index contributed by atoms with van der Waals surface area (Å²) in [5, 5.41) is 0. The normalized spacial score (nSPS) is 23.4. The monoisotopic (exact) mass is 420 g/mol. The maximum atomic E-state index is 14.8. The Hall–Kier alpha value is -1.93. The standard InChI is InChI=1S/C21H29FN4O2S/c1-16-4-3-13-29(27,28)26(16)15-18-5-6-19(14-20(18)22)25-10-7-17(8-11-25)21-23-9-12-24(21)2/h5-6,9,12,14,16-17H,3-4,7-8,10-11,13,15H2,1-2H3. The summed E-state index contributed by atoms with van der Waals surface area (Å²) in [5.41, 5.74) is 1.30. The van der Waals surface area contributed by atoms with Gasteiger partial charge in [0.05, 0.1) is 5.75 Å². The summed E-state index contributed by atoms with van der Waals surface area (Å²) in [6.45, 7) is 3.72. The highest BCUT2D eigenvalue weighted by atomic mass is 32.2. The molecule has 0 radical (unpaired) electrons. The number of aryl methyl sites for hydroxylation is 1. The smallest absolute Gasteiger partial charge is 0.214 e. The van der Waals surface area contributed by atoms with E-state index in [0.29, 0.717) is 17.9 Å². The van der Waals surface area contributed by atoms with Crippen LogP contribution in [0.5, 0.6) is 0 Å². The molecule has 158 valence electrons. The molecule has 0 spiro atoms. The van der Waals surface area contributed by atoms with Gasteiger partial charge < -0.3 is 9.47 Å². The first-order valence-corrected chi connectivity index (χ1v) is 12.0. The number of halogens is 1. The average Bonchev–Trinajstić information content (AvgIpc) is 3.12. The third-order valence-electron chi connectivity index (χ3n) is 6.32.